The summed E-state index contributed by atoms with van der Waals surface area (Å²) in [6, 6.07) is 15.9. The van der Waals surface area contributed by atoms with E-state index in [0.29, 0.717) is 18.7 Å². The Bertz CT molecular complexity index is 886. The summed E-state index contributed by atoms with van der Waals surface area (Å²) in [5, 5.41) is 0. The van der Waals surface area contributed by atoms with Gasteiger partial charge in [0.2, 0.25) is 10.0 Å². The Morgan fingerprint density at radius 1 is 1.04 bits per heavy atom. The summed E-state index contributed by atoms with van der Waals surface area (Å²) in [4.78, 5) is 14.7. The van der Waals surface area contributed by atoms with Gasteiger partial charge in [0.1, 0.15) is 0 Å². The lowest BCUT2D eigenvalue weighted by atomic mass is 9.95. The number of hydrogen-bond donors (Lipinski definition) is 1. The third-order valence-electron chi connectivity index (χ3n) is 4.76. The number of halogens is 1. The maximum atomic E-state index is 12.8. The van der Waals surface area contributed by atoms with Crippen molar-refractivity contribution < 1.29 is 13.2 Å². The molecule has 0 unspecified atom stereocenters. The molecular formula is C19H24ClN3O3S. The molecule has 0 aromatic heterocycles. The van der Waals surface area contributed by atoms with Crippen LogP contribution in [0.15, 0.2) is 59.5 Å². The average Bonchev–Trinajstić information content (AvgIpc) is 3.03. The number of sulfonamides is 1. The maximum Gasteiger partial charge on any atom is 0.253 e. The average molecular weight is 410 g/mol. The van der Waals surface area contributed by atoms with Gasteiger partial charge in [0.05, 0.1) is 4.90 Å². The van der Waals surface area contributed by atoms with E-state index < -0.39 is 10.0 Å². The van der Waals surface area contributed by atoms with E-state index in [1.807, 2.05) is 30.3 Å². The van der Waals surface area contributed by atoms with Crippen LogP contribution in [0.1, 0.15) is 21.8 Å². The van der Waals surface area contributed by atoms with Gasteiger partial charge in [-0.2, -0.15) is 0 Å². The molecule has 1 saturated heterocycles. The Morgan fingerprint density at radius 2 is 1.63 bits per heavy atom. The Kier molecular flexibility index (Phi) is 6.64. The molecule has 0 aliphatic carbocycles. The van der Waals surface area contributed by atoms with Gasteiger partial charge in [-0.05, 0) is 29.8 Å². The zero-order chi connectivity index (χ0) is 18.9. The quantitative estimate of drug-likeness (QED) is 0.836. The van der Waals surface area contributed by atoms with Crippen molar-refractivity contribution in [3.8, 4) is 0 Å². The number of benzene rings is 2. The van der Waals surface area contributed by atoms with E-state index in [9.17, 15) is 13.2 Å². The van der Waals surface area contributed by atoms with E-state index >= 15 is 0 Å². The summed E-state index contributed by atoms with van der Waals surface area (Å²) < 4.78 is 25.4. The van der Waals surface area contributed by atoms with E-state index in [2.05, 4.69) is 0 Å². The van der Waals surface area contributed by atoms with Crippen molar-refractivity contribution in [1.82, 2.24) is 9.21 Å². The standard InChI is InChI=1S/C19H23N3O3S.ClH/c1-21(2)26(24,25)16-10-8-15(9-11-16)19(23)22-12-17(18(20)13-22)14-6-4-3-5-7-14;/h3-11,17-18H,12-13,20H2,1-2H3;1H/t17-,18+;/m0./s1. The first-order valence-electron chi connectivity index (χ1n) is 8.43. The third-order valence-corrected chi connectivity index (χ3v) is 6.59. The summed E-state index contributed by atoms with van der Waals surface area (Å²) in [6.45, 7) is 1.04. The molecule has 27 heavy (non-hydrogen) atoms. The molecule has 1 heterocycles. The lowest BCUT2D eigenvalue weighted by Crippen LogP contribution is -2.32. The number of likely N-dealkylation sites (tertiary alicyclic amines) is 1. The minimum Gasteiger partial charge on any atom is -0.336 e. The summed E-state index contributed by atoms with van der Waals surface area (Å²) >= 11 is 0. The molecule has 1 amide bonds. The van der Waals surface area contributed by atoms with Gasteiger partial charge in [-0.15, -0.1) is 12.4 Å². The fourth-order valence-electron chi connectivity index (χ4n) is 3.21. The summed E-state index contributed by atoms with van der Waals surface area (Å²) in [6.07, 6.45) is 0. The van der Waals surface area contributed by atoms with E-state index in [1.165, 1.54) is 26.2 Å². The molecule has 2 aromatic carbocycles. The van der Waals surface area contributed by atoms with Crippen molar-refractivity contribution >= 4 is 28.3 Å². The molecule has 0 spiro atoms. The van der Waals surface area contributed by atoms with Crippen LogP contribution in [0.2, 0.25) is 0 Å². The van der Waals surface area contributed by atoms with Gasteiger partial charge in [0.25, 0.3) is 5.91 Å². The fourth-order valence-corrected chi connectivity index (χ4v) is 4.11. The first kappa shape index (κ1) is 21.4. The minimum atomic E-state index is -3.50. The predicted molar refractivity (Wildman–Crippen MR) is 108 cm³/mol. The Hall–Kier alpha value is -1.93. The lowest BCUT2D eigenvalue weighted by molar-refractivity contribution is 0.0789. The largest absolute Gasteiger partial charge is 0.336 e. The van der Waals surface area contributed by atoms with Crippen molar-refractivity contribution in [2.24, 2.45) is 5.73 Å². The van der Waals surface area contributed by atoms with Gasteiger partial charge >= 0.3 is 0 Å². The monoisotopic (exact) mass is 409 g/mol. The number of rotatable bonds is 4. The minimum absolute atomic E-state index is 0. The van der Waals surface area contributed by atoms with Gasteiger partial charge in [-0.25, -0.2) is 12.7 Å². The lowest BCUT2D eigenvalue weighted by Gasteiger charge is -2.17. The molecule has 0 saturated carbocycles. The van der Waals surface area contributed by atoms with Gasteiger partial charge < -0.3 is 10.6 Å². The van der Waals surface area contributed by atoms with Crippen LogP contribution < -0.4 is 5.73 Å². The molecule has 8 heteroatoms. The van der Waals surface area contributed by atoms with Gasteiger partial charge in [-0.1, -0.05) is 30.3 Å². The molecule has 2 atom stereocenters. The highest BCUT2D eigenvalue weighted by Crippen LogP contribution is 2.27. The summed E-state index contributed by atoms with van der Waals surface area (Å²) in [7, 11) is -0.552. The highest BCUT2D eigenvalue weighted by atomic mass is 35.5. The third kappa shape index (κ3) is 4.32. The van der Waals surface area contributed by atoms with Crippen molar-refractivity contribution in [3.63, 3.8) is 0 Å². The summed E-state index contributed by atoms with van der Waals surface area (Å²) in [5.74, 6) is -0.0266. The smallest absolute Gasteiger partial charge is 0.253 e. The highest BCUT2D eigenvalue weighted by molar-refractivity contribution is 7.89. The molecule has 146 valence electrons. The number of amides is 1. The zero-order valence-electron chi connectivity index (χ0n) is 15.3. The Morgan fingerprint density at radius 3 is 2.19 bits per heavy atom. The van der Waals surface area contributed by atoms with Gasteiger partial charge in [0.15, 0.2) is 0 Å². The van der Waals surface area contributed by atoms with E-state index in [-0.39, 0.29) is 35.2 Å². The number of hydrogen-bond acceptors (Lipinski definition) is 4. The molecule has 1 fully saturated rings. The number of nitrogens with zero attached hydrogens (tertiary/aromatic N) is 2. The van der Waals surface area contributed by atoms with E-state index in [1.54, 1.807) is 17.0 Å². The Labute approximate surface area is 166 Å². The SMILES string of the molecule is CN(C)S(=O)(=O)c1ccc(C(=O)N2C[C@@H](N)[C@H](c3ccccc3)C2)cc1.Cl. The van der Waals surface area contributed by atoms with E-state index in [4.69, 9.17) is 5.73 Å². The predicted octanol–water partition coefficient (Wildman–Crippen LogP) is 1.93. The van der Waals surface area contributed by atoms with Crippen molar-refractivity contribution in [1.29, 1.82) is 0 Å². The first-order chi connectivity index (χ1) is 12.3. The maximum absolute atomic E-state index is 12.8. The highest BCUT2D eigenvalue weighted by Gasteiger charge is 2.34. The molecule has 0 bridgehead atoms. The Balaban J connectivity index is 0.00000261. The molecule has 0 radical (unpaired) electrons. The second-order valence-corrected chi connectivity index (χ2v) is 8.85. The van der Waals surface area contributed by atoms with Crippen LogP contribution in [0.5, 0.6) is 0 Å². The first-order valence-corrected chi connectivity index (χ1v) is 9.87. The molecule has 1 aliphatic rings. The number of carbonyl (C=O) groups excluding carboxylic acids is 1. The molecular weight excluding hydrogens is 386 g/mol. The number of nitrogens with two attached hydrogens (primary N) is 1. The van der Waals surface area contributed by atoms with E-state index in [0.717, 1.165) is 9.87 Å². The summed E-state index contributed by atoms with van der Waals surface area (Å²) in [5.41, 5.74) is 7.84. The second-order valence-electron chi connectivity index (χ2n) is 6.70. The molecule has 1 aliphatic heterocycles. The normalized spacial score (nSPS) is 19.8. The molecule has 6 nitrogen and oxygen atoms in total. The second kappa shape index (κ2) is 8.39. The topological polar surface area (TPSA) is 83.7 Å². The molecule has 2 aromatic rings. The van der Waals surface area contributed by atoms with Crippen LogP contribution in [0, 0.1) is 0 Å². The van der Waals surface area contributed by atoms with Crippen molar-refractivity contribution in [2.75, 3.05) is 27.2 Å². The van der Waals surface area contributed by atoms with Crippen molar-refractivity contribution in [3.05, 3.63) is 65.7 Å². The van der Waals surface area contributed by atoms with Crippen molar-refractivity contribution in [2.45, 2.75) is 16.9 Å². The van der Waals surface area contributed by atoms with Crippen LogP contribution >= 0.6 is 12.4 Å². The van der Waals surface area contributed by atoms with Crippen LogP contribution in [-0.4, -0.2) is 56.8 Å². The zero-order valence-corrected chi connectivity index (χ0v) is 16.9. The van der Waals surface area contributed by atoms with Crippen LogP contribution in [0.4, 0.5) is 0 Å². The van der Waals surface area contributed by atoms with Gasteiger partial charge in [0, 0.05) is 44.7 Å². The fraction of sp³-hybridized carbons (Fsp3) is 0.316. The molecule has 3 rings (SSSR count). The van der Waals surface area contributed by atoms with Crippen LogP contribution in [0.3, 0.4) is 0 Å². The van der Waals surface area contributed by atoms with Gasteiger partial charge in [-0.3, -0.25) is 4.79 Å². The van der Waals surface area contributed by atoms with Crippen LogP contribution in [-0.2, 0) is 10.0 Å². The molecule has 2 N–H and O–H groups in total. The van der Waals surface area contributed by atoms with Crippen LogP contribution in [0.25, 0.3) is 0 Å². The number of carbonyl (C=O) groups is 1.